The molecule has 154 valence electrons. The van der Waals surface area contributed by atoms with E-state index in [1.165, 1.54) is 0 Å². The van der Waals surface area contributed by atoms with Crippen LogP contribution in [0.5, 0.6) is 0 Å². The Balaban J connectivity index is 1.43. The van der Waals surface area contributed by atoms with E-state index in [9.17, 15) is 5.11 Å². The number of pyridine rings is 1. The van der Waals surface area contributed by atoms with Crippen molar-refractivity contribution >= 4 is 22.8 Å². The number of rotatable bonds is 4. The number of nitrogens with one attached hydrogen (secondary N) is 1. The smallest absolute Gasteiger partial charge is 0.227 e. The Kier molecular flexibility index (Phi) is 5.48. The van der Waals surface area contributed by atoms with Crippen LogP contribution in [-0.4, -0.2) is 50.2 Å². The number of nitriles is 1. The average molecular weight is 403 g/mol. The molecular formula is C22H25N7O. The van der Waals surface area contributed by atoms with Gasteiger partial charge in [0.2, 0.25) is 5.95 Å². The minimum atomic E-state index is -0.565. The molecule has 1 aliphatic rings. The first kappa shape index (κ1) is 20.0. The third-order valence-corrected chi connectivity index (χ3v) is 5.49. The molecule has 2 atom stereocenters. The summed E-state index contributed by atoms with van der Waals surface area (Å²) in [5.74, 6) is 0.780. The molecule has 1 saturated heterocycles. The average Bonchev–Trinajstić information content (AvgIpc) is 2.70. The zero-order chi connectivity index (χ0) is 21.3. The topological polar surface area (TPSA) is 124 Å². The summed E-state index contributed by atoms with van der Waals surface area (Å²) in [6, 6.07) is 11.5. The van der Waals surface area contributed by atoms with Crippen molar-refractivity contribution in [2.45, 2.75) is 39.0 Å². The molecule has 1 aliphatic heterocycles. The molecule has 1 aromatic carbocycles. The number of hydrogen-bond donors (Lipinski definition) is 3. The lowest BCUT2D eigenvalue weighted by Crippen LogP contribution is -2.49. The maximum absolute atomic E-state index is 10.7. The van der Waals surface area contributed by atoms with Crippen molar-refractivity contribution in [1.29, 1.82) is 5.26 Å². The third-order valence-electron chi connectivity index (χ3n) is 5.49. The van der Waals surface area contributed by atoms with Crippen LogP contribution in [0.25, 0.3) is 11.0 Å². The van der Waals surface area contributed by atoms with Crippen molar-refractivity contribution in [3.05, 3.63) is 52.7 Å². The molecule has 0 spiro atoms. The third kappa shape index (κ3) is 4.17. The Labute approximate surface area is 175 Å². The zero-order valence-corrected chi connectivity index (χ0v) is 17.1. The van der Waals surface area contributed by atoms with Crippen LogP contribution < -0.4 is 11.1 Å². The lowest BCUT2D eigenvalue weighted by molar-refractivity contribution is 0.0559. The molecule has 8 heteroatoms. The highest BCUT2D eigenvalue weighted by molar-refractivity contribution is 5.89. The van der Waals surface area contributed by atoms with Gasteiger partial charge in [-0.1, -0.05) is 12.1 Å². The Hall–Kier alpha value is -3.28. The number of nitrogens with two attached hydrogens (primary N) is 1. The van der Waals surface area contributed by atoms with Crippen LogP contribution in [0.4, 0.5) is 11.8 Å². The van der Waals surface area contributed by atoms with Crippen LogP contribution >= 0.6 is 0 Å². The molecule has 3 heterocycles. The monoisotopic (exact) mass is 403 g/mol. The first-order chi connectivity index (χ1) is 14.4. The molecule has 4 N–H and O–H groups in total. The summed E-state index contributed by atoms with van der Waals surface area (Å²) in [6.07, 6.45) is 0.184. The van der Waals surface area contributed by atoms with Gasteiger partial charge in [-0.15, -0.1) is 0 Å². The minimum absolute atomic E-state index is 0.162. The number of likely N-dealkylation sites (tertiary alicyclic amines) is 1. The number of hydrogen-bond acceptors (Lipinski definition) is 8. The number of fused-ring (bicyclic) bond motifs is 1. The van der Waals surface area contributed by atoms with Gasteiger partial charge in [0.25, 0.3) is 0 Å². The number of β-amino-alcohol motifs (C(OH)–C–C–N with tert-alkyl or cyclic N) is 1. The number of aliphatic hydroxyl groups excluding tert-OH is 1. The first-order valence-corrected chi connectivity index (χ1v) is 10.0. The standard InChI is InChI=1S/C22H25N7O/c1-13-9-14(2)25-21-19(13)20(24)27-22(28-21)26-17-7-8-29(12-18(17)30)11-16-5-3-15(10-23)4-6-16/h3-6,9,17-18,30H,7-8,11-12H2,1-2H3,(H3,24,25,26,27,28)/t17-,18-/m1/s1. The second-order valence-corrected chi connectivity index (χ2v) is 7.86. The fourth-order valence-electron chi connectivity index (χ4n) is 3.99. The van der Waals surface area contributed by atoms with Crippen LogP contribution in [0.15, 0.2) is 30.3 Å². The number of aryl methyl sites for hydroxylation is 2. The van der Waals surface area contributed by atoms with Gasteiger partial charge >= 0.3 is 0 Å². The van der Waals surface area contributed by atoms with Crippen molar-refractivity contribution < 1.29 is 5.11 Å². The maximum Gasteiger partial charge on any atom is 0.227 e. The summed E-state index contributed by atoms with van der Waals surface area (Å²) >= 11 is 0. The number of piperidine rings is 1. The summed E-state index contributed by atoms with van der Waals surface area (Å²) in [4.78, 5) is 15.6. The lowest BCUT2D eigenvalue weighted by Gasteiger charge is -2.36. The molecule has 4 rings (SSSR count). The molecule has 3 aromatic rings. The molecule has 30 heavy (non-hydrogen) atoms. The number of nitrogens with zero attached hydrogens (tertiary/aromatic N) is 5. The molecule has 0 aliphatic carbocycles. The van der Waals surface area contributed by atoms with E-state index in [-0.39, 0.29) is 6.04 Å². The fraction of sp³-hybridized carbons (Fsp3) is 0.364. The predicted molar refractivity (Wildman–Crippen MR) is 116 cm³/mol. The van der Waals surface area contributed by atoms with Gasteiger partial charge in [-0.25, -0.2) is 4.98 Å². The predicted octanol–water partition coefficient (Wildman–Crippen LogP) is 2.14. The maximum atomic E-state index is 10.7. The fourth-order valence-corrected chi connectivity index (χ4v) is 3.99. The van der Waals surface area contributed by atoms with E-state index < -0.39 is 6.10 Å². The number of anilines is 2. The van der Waals surface area contributed by atoms with Crippen LogP contribution in [0, 0.1) is 25.2 Å². The molecule has 0 amide bonds. The number of nitrogen functional groups attached to an aromatic ring is 1. The van der Waals surface area contributed by atoms with Gasteiger partial charge in [0, 0.05) is 25.3 Å². The second-order valence-electron chi connectivity index (χ2n) is 7.86. The van der Waals surface area contributed by atoms with Crippen molar-refractivity contribution in [1.82, 2.24) is 19.9 Å². The van der Waals surface area contributed by atoms with Crippen molar-refractivity contribution in [3.8, 4) is 6.07 Å². The zero-order valence-electron chi connectivity index (χ0n) is 17.1. The summed E-state index contributed by atoms with van der Waals surface area (Å²) in [7, 11) is 0. The number of aromatic nitrogens is 3. The Bertz CT molecular complexity index is 1110. The van der Waals surface area contributed by atoms with Crippen molar-refractivity contribution in [2.24, 2.45) is 0 Å². The van der Waals surface area contributed by atoms with Gasteiger partial charge in [-0.2, -0.15) is 15.2 Å². The summed E-state index contributed by atoms with van der Waals surface area (Å²) in [6.45, 7) is 5.99. The van der Waals surface area contributed by atoms with E-state index >= 15 is 0 Å². The SMILES string of the molecule is Cc1cc(C)c2c(N)nc(N[C@@H]3CCN(Cc4ccc(C#N)cc4)C[C@H]3O)nc2n1. The van der Waals surface area contributed by atoms with E-state index in [2.05, 4.69) is 31.2 Å². The van der Waals surface area contributed by atoms with Gasteiger partial charge in [-0.3, -0.25) is 4.90 Å². The van der Waals surface area contributed by atoms with Gasteiger partial charge in [0.15, 0.2) is 5.65 Å². The highest BCUT2D eigenvalue weighted by Crippen LogP contribution is 2.24. The van der Waals surface area contributed by atoms with Gasteiger partial charge in [0.05, 0.1) is 29.2 Å². The number of benzene rings is 1. The molecule has 0 radical (unpaired) electrons. The molecule has 1 fully saturated rings. The molecule has 0 unspecified atom stereocenters. The Morgan fingerprint density at radius 3 is 2.70 bits per heavy atom. The molecule has 2 aromatic heterocycles. The van der Waals surface area contributed by atoms with E-state index in [0.717, 1.165) is 41.7 Å². The van der Waals surface area contributed by atoms with Crippen LogP contribution in [0.2, 0.25) is 0 Å². The van der Waals surface area contributed by atoms with Gasteiger partial charge in [0.1, 0.15) is 5.82 Å². The van der Waals surface area contributed by atoms with E-state index in [4.69, 9.17) is 11.0 Å². The quantitative estimate of drug-likeness (QED) is 0.605. The Morgan fingerprint density at radius 2 is 2.00 bits per heavy atom. The molecular weight excluding hydrogens is 378 g/mol. The molecule has 0 saturated carbocycles. The van der Waals surface area contributed by atoms with E-state index in [1.807, 2.05) is 44.2 Å². The van der Waals surface area contributed by atoms with E-state index in [0.29, 0.717) is 29.5 Å². The summed E-state index contributed by atoms with van der Waals surface area (Å²) < 4.78 is 0. The summed E-state index contributed by atoms with van der Waals surface area (Å²) in [5.41, 5.74) is 10.4. The van der Waals surface area contributed by atoms with Crippen LogP contribution in [0.3, 0.4) is 0 Å². The normalized spacial score (nSPS) is 19.5. The minimum Gasteiger partial charge on any atom is -0.390 e. The van der Waals surface area contributed by atoms with Crippen LogP contribution in [-0.2, 0) is 6.54 Å². The van der Waals surface area contributed by atoms with Gasteiger partial charge < -0.3 is 16.2 Å². The number of aliphatic hydroxyl groups is 1. The van der Waals surface area contributed by atoms with E-state index in [1.54, 1.807) is 0 Å². The highest BCUT2D eigenvalue weighted by Gasteiger charge is 2.28. The van der Waals surface area contributed by atoms with Crippen LogP contribution in [0.1, 0.15) is 28.8 Å². The lowest BCUT2D eigenvalue weighted by atomic mass is 10.0. The van der Waals surface area contributed by atoms with Gasteiger partial charge in [-0.05, 0) is 49.6 Å². The highest BCUT2D eigenvalue weighted by atomic mass is 16.3. The summed E-state index contributed by atoms with van der Waals surface area (Å²) in [5, 5.41) is 23.6. The largest absolute Gasteiger partial charge is 0.390 e. The molecule has 0 bridgehead atoms. The molecule has 8 nitrogen and oxygen atoms in total. The second kappa shape index (κ2) is 8.22. The van der Waals surface area contributed by atoms with Crippen molar-refractivity contribution in [3.63, 3.8) is 0 Å². The Morgan fingerprint density at radius 1 is 1.23 bits per heavy atom. The first-order valence-electron chi connectivity index (χ1n) is 10.0. The van der Waals surface area contributed by atoms with Crippen molar-refractivity contribution in [2.75, 3.05) is 24.1 Å².